The molecule has 1 heterocycles. The Bertz CT molecular complexity index is 520. The molecule has 1 aromatic carbocycles. The summed E-state index contributed by atoms with van der Waals surface area (Å²) in [5.41, 5.74) is 7.33. The van der Waals surface area contributed by atoms with Crippen molar-refractivity contribution in [3.63, 3.8) is 0 Å². The predicted molar refractivity (Wildman–Crippen MR) is 73.3 cm³/mol. The monoisotopic (exact) mass is 245 g/mol. The molecule has 0 aliphatic rings. The van der Waals surface area contributed by atoms with E-state index < -0.39 is 0 Å². The zero-order valence-electron chi connectivity index (χ0n) is 10.6. The van der Waals surface area contributed by atoms with Crippen LogP contribution in [0.25, 0.3) is 11.3 Å². The van der Waals surface area contributed by atoms with Gasteiger partial charge in [-0.1, -0.05) is 31.9 Å². The first kappa shape index (κ1) is 12.5. The van der Waals surface area contributed by atoms with Crippen LogP contribution < -0.4 is 5.73 Å². The van der Waals surface area contributed by atoms with Crippen LogP contribution in [0.4, 0.5) is 5.95 Å². The molecule has 0 amide bonds. The molecule has 0 aliphatic carbocycles. The number of phenolic OH excluding ortho intramolecular Hbond substituents is 1. The molecule has 3 N–H and O–H groups in total. The Labute approximate surface area is 107 Å². The number of phenols is 1. The van der Waals surface area contributed by atoms with Gasteiger partial charge in [-0.3, -0.25) is 0 Å². The highest BCUT2D eigenvalue weighted by Crippen LogP contribution is 2.28. The van der Waals surface area contributed by atoms with Gasteiger partial charge in [0.1, 0.15) is 5.75 Å². The number of anilines is 1. The van der Waals surface area contributed by atoms with Crippen LogP contribution in [0.1, 0.15) is 26.2 Å². The van der Waals surface area contributed by atoms with Crippen molar-refractivity contribution >= 4 is 5.95 Å². The van der Waals surface area contributed by atoms with Crippen molar-refractivity contribution in [1.29, 1.82) is 0 Å². The third kappa shape index (κ3) is 2.64. The lowest BCUT2D eigenvalue weighted by Gasteiger charge is -2.02. The summed E-state index contributed by atoms with van der Waals surface area (Å²) >= 11 is 0. The van der Waals surface area contributed by atoms with E-state index in [-0.39, 0.29) is 5.75 Å². The molecule has 2 aromatic rings. The van der Waals surface area contributed by atoms with Crippen molar-refractivity contribution in [2.75, 3.05) is 5.73 Å². The molecule has 0 unspecified atom stereocenters. The van der Waals surface area contributed by atoms with Crippen LogP contribution >= 0.6 is 0 Å². The first-order valence-electron chi connectivity index (χ1n) is 6.33. The summed E-state index contributed by atoms with van der Waals surface area (Å²) in [4.78, 5) is 4.30. The number of aromatic nitrogens is 2. The van der Waals surface area contributed by atoms with Gasteiger partial charge in [-0.15, -0.1) is 0 Å². The minimum absolute atomic E-state index is 0.232. The number of hydrogen-bond donors (Lipinski definition) is 2. The Morgan fingerprint density at radius 2 is 2.06 bits per heavy atom. The smallest absolute Gasteiger partial charge is 0.200 e. The topological polar surface area (TPSA) is 64.1 Å². The van der Waals surface area contributed by atoms with Gasteiger partial charge in [0.2, 0.25) is 5.95 Å². The molecular weight excluding hydrogens is 226 g/mol. The fourth-order valence-electron chi connectivity index (χ4n) is 1.96. The second-order valence-corrected chi connectivity index (χ2v) is 4.40. The first-order valence-corrected chi connectivity index (χ1v) is 6.33. The molecule has 0 spiro atoms. The molecule has 0 saturated carbocycles. The number of para-hydroxylation sites is 1. The Morgan fingerprint density at radius 3 is 2.78 bits per heavy atom. The zero-order chi connectivity index (χ0) is 13.0. The molecule has 96 valence electrons. The van der Waals surface area contributed by atoms with E-state index in [1.807, 2.05) is 22.9 Å². The third-order valence-electron chi connectivity index (χ3n) is 2.99. The summed E-state index contributed by atoms with van der Waals surface area (Å²) in [6.45, 7) is 3.05. The quantitative estimate of drug-likeness (QED) is 0.796. The fraction of sp³-hybridized carbons (Fsp3) is 0.357. The van der Waals surface area contributed by atoms with E-state index in [9.17, 15) is 5.11 Å². The van der Waals surface area contributed by atoms with Gasteiger partial charge in [0.15, 0.2) is 0 Å². The van der Waals surface area contributed by atoms with E-state index in [4.69, 9.17) is 5.73 Å². The van der Waals surface area contributed by atoms with Crippen LogP contribution in [0.15, 0.2) is 30.5 Å². The number of nitrogens with zero attached hydrogens (tertiary/aromatic N) is 2. The van der Waals surface area contributed by atoms with Gasteiger partial charge < -0.3 is 15.4 Å². The summed E-state index contributed by atoms with van der Waals surface area (Å²) in [7, 11) is 0. The summed E-state index contributed by atoms with van der Waals surface area (Å²) in [5, 5.41) is 9.79. The largest absolute Gasteiger partial charge is 0.507 e. The maximum Gasteiger partial charge on any atom is 0.200 e. The first-order chi connectivity index (χ1) is 8.72. The molecule has 4 nitrogen and oxygen atoms in total. The van der Waals surface area contributed by atoms with E-state index in [1.165, 1.54) is 12.8 Å². The molecule has 0 fully saturated rings. The summed E-state index contributed by atoms with van der Waals surface area (Å²) in [6.07, 6.45) is 5.36. The highest BCUT2D eigenvalue weighted by Gasteiger charge is 2.09. The number of unbranched alkanes of at least 4 members (excludes halogenated alkanes) is 2. The fourth-order valence-corrected chi connectivity index (χ4v) is 1.96. The van der Waals surface area contributed by atoms with Gasteiger partial charge in [0, 0.05) is 18.3 Å². The average molecular weight is 245 g/mol. The maximum absolute atomic E-state index is 9.79. The summed E-state index contributed by atoms with van der Waals surface area (Å²) in [6, 6.07) is 7.16. The summed E-state index contributed by atoms with van der Waals surface area (Å²) < 4.78 is 1.94. The van der Waals surface area contributed by atoms with Crippen molar-refractivity contribution in [2.24, 2.45) is 0 Å². The van der Waals surface area contributed by atoms with Gasteiger partial charge in [0.05, 0.1) is 5.69 Å². The van der Waals surface area contributed by atoms with E-state index >= 15 is 0 Å². The van der Waals surface area contributed by atoms with Crippen molar-refractivity contribution < 1.29 is 5.11 Å². The number of rotatable bonds is 5. The summed E-state index contributed by atoms with van der Waals surface area (Å²) in [5.74, 6) is 0.736. The molecule has 18 heavy (non-hydrogen) atoms. The van der Waals surface area contributed by atoms with Crippen LogP contribution in [-0.2, 0) is 6.54 Å². The Balaban J connectivity index is 2.21. The number of aromatic hydroxyl groups is 1. The molecule has 0 aliphatic heterocycles. The van der Waals surface area contributed by atoms with Crippen molar-refractivity contribution in [3.05, 3.63) is 30.5 Å². The SMILES string of the molecule is CCCCCn1cc(-c2ccccc2O)nc1N. The maximum atomic E-state index is 9.79. The minimum Gasteiger partial charge on any atom is -0.507 e. The second-order valence-electron chi connectivity index (χ2n) is 4.40. The predicted octanol–water partition coefficient (Wildman–Crippen LogP) is 3.03. The van der Waals surface area contributed by atoms with Gasteiger partial charge in [-0.2, -0.15) is 0 Å². The molecular formula is C14H19N3O. The molecule has 1 aromatic heterocycles. The average Bonchev–Trinajstić information content (AvgIpc) is 2.72. The number of imidazole rings is 1. The lowest BCUT2D eigenvalue weighted by Crippen LogP contribution is -2.02. The molecule has 2 rings (SSSR count). The Morgan fingerprint density at radius 1 is 1.28 bits per heavy atom. The minimum atomic E-state index is 0.232. The van der Waals surface area contributed by atoms with E-state index in [1.54, 1.807) is 12.1 Å². The second kappa shape index (κ2) is 5.58. The van der Waals surface area contributed by atoms with Crippen molar-refractivity contribution in [3.8, 4) is 17.0 Å². The molecule has 0 saturated heterocycles. The normalized spacial score (nSPS) is 10.7. The van der Waals surface area contributed by atoms with Gasteiger partial charge >= 0.3 is 0 Å². The number of nitrogens with two attached hydrogens (primary N) is 1. The third-order valence-corrected chi connectivity index (χ3v) is 2.99. The molecule has 4 heteroatoms. The van der Waals surface area contributed by atoms with Crippen LogP contribution in [0.2, 0.25) is 0 Å². The van der Waals surface area contributed by atoms with Crippen LogP contribution in [0.3, 0.4) is 0 Å². The van der Waals surface area contributed by atoms with Crippen LogP contribution in [0.5, 0.6) is 5.75 Å². The highest BCUT2D eigenvalue weighted by molar-refractivity contribution is 5.67. The Hall–Kier alpha value is -1.97. The standard InChI is InChI=1S/C14H19N3O/c1-2-3-6-9-17-10-12(16-14(17)15)11-7-4-5-8-13(11)18/h4-5,7-8,10,18H,2-3,6,9H2,1H3,(H2,15,16). The van der Waals surface area contributed by atoms with E-state index in [0.29, 0.717) is 5.95 Å². The Kier molecular flexibility index (Phi) is 3.87. The number of aryl methyl sites for hydroxylation is 1. The number of hydrogen-bond acceptors (Lipinski definition) is 3. The van der Waals surface area contributed by atoms with Crippen molar-refractivity contribution in [2.45, 2.75) is 32.7 Å². The number of nitrogen functional groups attached to an aromatic ring is 1. The van der Waals surface area contributed by atoms with Gasteiger partial charge in [0.25, 0.3) is 0 Å². The van der Waals surface area contributed by atoms with Crippen molar-refractivity contribution in [1.82, 2.24) is 9.55 Å². The molecule has 0 bridgehead atoms. The van der Waals surface area contributed by atoms with Crippen LogP contribution in [-0.4, -0.2) is 14.7 Å². The van der Waals surface area contributed by atoms with E-state index in [0.717, 1.165) is 24.2 Å². The van der Waals surface area contributed by atoms with Gasteiger partial charge in [-0.25, -0.2) is 4.98 Å². The zero-order valence-corrected chi connectivity index (χ0v) is 10.6. The molecule has 0 atom stereocenters. The highest BCUT2D eigenvalue weighted by atomic mass is 16.3. The lowest BCUT2D eigenvalue weighted by molar-refractivity contribution is 0.477. The number of benzene rings is 1. The molecule has 0 radical (unpaired) electrons. The lowest BCUT2D eigenvalue weighted by atomic mass is 10.1. The van der Waals surface area contributed by atoms with Crippen LogP contribution in [0, 0.1) is 0 Å². The van der Waals surface area contributed by atoms with E-state index in [2.05, 4.69) is 11.9 Å². The van der Waals surface area contributed by atoms with Gasteiger partial charge in [-0.05, 0) is 18.6 Å².